The first-order valence-electron chi connectivity index (χ1n) is 6.38. The van der Waals surface area contributed by atoms with Crippen LogP contribution in [0.1, 0.15) is 18.0 Å². The molecule has 1 aromatic rings. The largest absolute Gasteiger partial charge is 0.497 e. The van der Waals surface area contributed by atoms with Crippen LogP contribution in [-0.2, 0) is 0 Å². The predicted octanol–water partition coefficient (Wildman–Crippen LogP) is 1.67. The molecule has 4 heteroatoms. The smallest absolute Gasteiger partial charge is 0.127 e. The van der Waals surface area contributed by atoms with E-state index in [1.54, 1.807) is 14.2 Å². The first-order valence-corrected chi connectivity index (χ1v) is 6.38. The molecular formula is C14H22N2O2. The summed E-state index contributed by atoms with van der Waals surface area (Å²) in [4.78, 5) is 2.35. The van der Waals surface area contributed by atoms with Crippen molar-refractivity contribution in [3.8, 4) is 11.5 Å². The van der Waals surface area contributed by atoms with E-state index in [0.29, 0.717) is 6.04 Å². The summed E-state index contributed by atoms with van der Waals surface area (Å²) in [5.41, 5.74) is 1.22. The van der Waals surface area contributed by atoms with Gasteiger partial charge in [-0.25, -0.2) is 0 Å². The Labute approximate surface area is 109 Å². The molecule has 0 bridgehead atoms. The van der Waals surface area contributed by atoms with Gasteiger partial charge in [0.1, 0.15) is 11.5 Å². The minimum Gasteiger partial charge on any atom is -0.497 e. The van der Waals surface area contributed by atoms with E-state index in [-0.39, 0.29) is 0 Å². The van der Waals surface area contributed by atoms with Crippen molar-refractivity contribution < 1.29 is 9.47 Å². The zero-order valence-corrected chi connectivity index (χ0v) is 11.4. The normalized spacial score (nSPS) is 21.4. The third-order valence-corrected chi connectivity index (χ3v) is 3.50. The molecule has 4 nitrogen and oxygen atoms in total. The maximum atomic E-state index is 5.48. The van der Waals surface area contributed by atoms with E-state index < -0.39 is 0 Å². The zero-order valence-electron chi connectivity index (χ0n) is 11.4. The van der Waals surface area contributed by atoms with Crippen molar-refractivity contribution in [3.05, 3.63) is 23.8 Å². The Kier molecular flexibility index (Phi) is 4.44. The highest BCUT2D eigenvalue weighted by atomic mass is 16.5. The van der Waals surface area contributed by atoms with E-state index >= 15 is 0 Å². The van der Waals surface area contributed by atoms with Gasteiger partial charge in [0.2, 0.25) is 0 Å². The van der Waals surface area contributed by atoms with E-state index in [4.69, 9.17) is 9.47 Å². The lowest BCUT2D eigenvalue weighted by molar-refractivity contribution is 0.353. The van der Waals surface area contributed by atoms with Gasteiger partial charge in [-0.1, -0.05) is 6.07 Å². The Morgan fingerprint density at radius 3 is 2.78 bits per heavy atom. The van der Waals surface area contributed by atoms with Crippen molar-refractivity contribution >= 4 is 0 Å². The minimum absolute atomic E-state index is 0.357. The summed E-state index contributed by atoms with van der Waals surface area (Å²) in [7, 11) is 5.55. The van der Waals surface area contributed by atoms with Crippen LogP contribution in [-0.4, -0.2) is 45.8 Å². The molecule has 18 heavy (non-hydrogen) atoms. The van der Waals surface area contributed by atoms with Gasteiger partial charge >= 0.3 is 0 Å². The molecule has 1 fully saturated rings. The molecule has 0 radical (unpaired) electrons. The Morgan fingerprint density at radius 1 is 1.22 bits per heavy atom. The molecule has 0 aromatic heterocycles. The fourth-order valence-corrected chi connectivity index (χ4v) is 2.36. The van der Waals surface area contributed by atoms with Crippen molar-refractivity contribution in [1.29, 1.82) is 0 Å². The highest BCUT2D eigenvalue weighted by Gasteiger charge is 2.19. The Hall–Kier alpha value is -1.26. The zero-order chi connectivity index (χ0) is 13.0. The maximum Gasteiger partial charge on any atom is 0.127 e. The van der Waals surface area contributed by atoms with Crippen molar-refractivity contribution in [1.82, 2.24) is 10.2 Å². The summed E-state index contributed by atoms with van der Waals surface area (Å²) in [5.74, 6) is 1.73. The molecule has 1 atom stereocenters. The number of likely N-dealkylation sites (N-methyl/N-ethyl adjacent to an activating group) is 1. The summed E-state index contributed by atoms with van der Waals surface area (Å²) >= 11 is 0. The monoisotopic (exact) mass is 250 g/mol. The van der Waals surface area contributed by atoms with Gasteiger partial charge in [0, 0.05) is 30.8 Å². The molecule has 1 N–H and O–H groups in total. The number of rotatable bonds is 3. The summed E-state index contributed by atoms with van der Waals surface area (Å²) < 4.78 is 10.7. The molecule has 2 rings (SSSR count). The molecule has 1 unspecified atom stereocenters. The van der Waals surface area contributed by atoms with E-state index in [2.05, 4.69) is 23.3 Å². The lowest BCUT2D eigenvalue weighted by Gasteiger charge is -2.19. The first-order chi connectivity index (χ1) is 8.74. The summed E-state index contributed by atoms with van der Waals surface area (Å²) in [5, 5.41) is 3.58. The van der Waals surface area contributed by atoms with E-state index in [0.717, 1.165) is 37.6 Å². The third-order valence-electron chi connectivity index (χ3n) is 3.50. The Balaban J connectivity index is 2.20. The summed E-state index contributed by atoms with van der Waals surface area (Å²) in [6, 6.07) is 6.40. The molecule has 0 spiro atoms. The number of nitrogens with zero attached hydrogens (tertiary/aromatic N) is 1. The van der Waals surface area contributed by atoms with E-state index in [9.17, 15) is 0 Å². The van der Waals surface area contributed by atoms with Gasteiger partial charge < -0.3 is 19.7 Å². The number of ether oxygens (including phenoxy) is 2. The quantitative estimate of drug-likeness (QED) is 0.885. The van der Waals surface area contributed by atoms with Crippen LogP contribution in [0.2, 0.25) is 0 Å². The number of benzene rings is 1. The van der Waals surface area contributed by atoms with Crippen molar-refractivity contribution in [2.45, 2.75) is 12.5 Å². The summed E-state index contributed by atoms with van der Waals surface area (Å²) in [6.45, 7) is 3.21. The molecule has 0 amide bonds. The topological polar surface area (TPSA) is 33.7 Å². The number of methoxy groups -OCH3 is 2. The third kappa shape index (κ3) is 2.94. The molecule has 1 aliphatic heterocycles. The van der Waals surface area contributed by atoms with Crippen molar-refractivity contribution in [3.63, 3.8) is 0 Å². The fraction of sp³-hybridized carbons (Fsp3) is 0.571. The van der Waals surface area contributed by atoms with Crippen LogP contribution in [0.3, 0.4) is 0 Å². The van der Waals surface area contributed by atoms with Gasteiger partial charge in [-0.15, -0.1) is 0 Å². The molecular weight excluding hydrogens is 228 g/mol. The lowest BCUT2D eigenvalue weighted by Crippen LogP contribution is -2.25. The molecule has 1 heterocycles. The second kappa shape index (κ2) is 6.07. The van der Waals surface area contributed by atoms with Crippen LogP contribution in [0.15, 0.2) is 18.2 Å². The highest BCUT2D eigenvalue weighted by Crippen LogP contribution is 2.31. The molecule has 1 saturated heterocycles. The average Bonchev–Trinajstić information content (AvgIpc) is 2.62. The van der Waals surface area contributed by atoms with Crippen molar-refractivity contribution in [2.75, 3.05) is 40.9 Å². The van der Waals surface area contributed by atoms with E-state index in [1.807, 2.05) is 12.1 Å². The summed E-state index contributed by atoms with van der Waals surface area (Å²) in [6.07, 6.45) is 1.10. The SMILES string of the molecule is COc1ccc(C2CCN(C)CCN2)c(OC)c1. The van der Waals surface area contributed by atoms with Crippen molar-refractivity contribution in [2.24, 2.45) is 0 Å². The van der Waals surface area contributed by atoms with E-state index in [1.165, 1.54) is 5.56 Å². The molecule has 0 saturated carbocycles. The van der Waals surface area contributed by atoms with Gasteiger partial charge in [0.15, 0.2) is 0 Å². The van der Waals surface area contributed by atoms with Gasteiger partial charge in [-0.05, 0) is 26.1 Å². The lowest BCUT2D eigenvalue weighted by atomic mass is 10.0. The number of nitrogens with one attached hydrogen (secondary N) is 1. The van der Waals surface area contributed by atoms with Crippen LogP contribution in [0.5, 0.6) is 11.5 Å². The minimum atomic E-state index is 0.357. The molecule has 0 aliphatic carbocycles. The van der Waals surface area contributed by atoms with Gasteiger partial charge in [0.25, 0.3) is 0 Å². The highest BCUT2D eigenvalue weighted by molar-refractivity contribution is 5.42. The number of hydrogen-bond donors (Lipinski definition) is 1. The molecule has 100 valence electrons. The Bertz CT molecular complexity index is 395. The predicted molar refractivity (Wildman–Crippen MR) is 72.4 cm³/mol. The van der Waals surface area contributed by atoms with Crippen LogP contribution in [0.25, 0.3) is 0 Å². The van der Waals surface area contributed by atoms with Crippen LogP contribution >= 0.6 is 0 Å². The van der Waals surface area contributed by atoms with Crippen LogP contribution in [0, 0.1) is 0 Å². The van der Waals surface area contributed by atoms with Gasteiger partial charge in [-0.2, -0.15) is 0 Å². The second-order valence-electron chi connectivity index (χ2n) is 4.71. The van der Waals surface area contributed by atoms with Crippen LogP contribution in [0.4, 0.5) is 0 Å². The first kappa shape index (κ1) is 13.2. The molecule has 1 aliphatic rings. The standard InChI is InChI=1S/C14H22N2O2/c1-16-8-6-13(15-7-9-16)12-5-4-11(17-2)10-14(12)18-3/h4-5,10,13,15H,6-9H2,1-3H3. The fourth-order valence-electron chi connectivity index (χ4n) is 2.36. The number of hydrogen-bond acceptors (Lipinski definition) is 4. The molecule has 1 aromatic carbocycles. The average molecular weight is 250 g/mol. The Morgan fingerprint density at radius 2 is 2.06 bits per heavy atom. The van der Waals surface area contributed by atoms with Gasteiger partial charge in [0.05, 0.1) is 14.2 Å². The maximum absolute atomic E-state index is 5.48. The second-order valence-corrected chi connectivity index (χ2v) is 4.71. The van der Waals surface area contributed by atoms with Crippen LogP contribution < -0.4 is 14.8 Å². The van der Waals surface area contributed by atoms with Gasteiger partial charge in [-0.3, -0.25) is 0 Å².